The highest BCUT2D eigenvalue weighted by atomic mass is 19.1. The Morgan fingerprint density at radius 2 is 1.50 bits per heavy atom. The van der Waals surface area contributed by atoms with E-state index < -0.39 is 10.7 Å². The summed E-state index contributed by atoms with van der Waals surface area (Å²) >= 11 is 0. The molecule has 102 valence electrons. The van der Waals surface area contributed by atoms with E-state index >= 15 is 0 Å². The molecule has 0 N–H and O–H groups in total. The van der Waals surface area contributed by atoms with E-state index in [1.54, 1.807) is 0 Å². The summed E-state index contributed by atoms with van der Waals surface area (Å²) in [5.74, 6) is -0.675. The number of anilines is 2. The monoisotopic (exact) mass is 274 g/mol. The predicted octanol–water partition coefficient (Wildman–Crippen LogP) is 3.42. The Labute approximate surface area is 114 Å². The first kappa shape index (κ1) is 13.7. The van der Waals surface area contributed by atoms with Gasteiger partial charge in [0.25, 0.3) is 5.69 Å². The minimum absolute atomic E-state index is 0.0589. The van der Waals surface area contributed by atoms with E-state index in [2.05, 4.69) is 0 Å². The van der Waals surface area contributed by atoms with Gasteiger partial charge in [-0.05, 0) is 36.4 Å². The number of benzene rings is 2. The third-order valence-electron chi connectivity index (χ3n) is 2.72. The number of nitro groups is 1. The van der Waals surface area contributed by atoms with Crippen LogP contribution in [0.25, 0.3) is 0 Å². The van der Waals surface area contributed by atoms with Crippen molar-refractivity contribution in [3.63, 3.8) is 0 Å². The Bertz CT molecular complexity index is 638. The largest absolute Gasteiger partial charge is 0.281 e. The van der Waals surface area contributed by atoms with Gasteiger partial charge < -0.3 is 0 Å². The lowest BCUT2D eigenvalue weighted by Crippen LogP contribution is -2.22. The number of non-ortho nitro benzene ring substituents is 1. The molecule has 1 amide bonds. The third-order valence-corrected chi connectivity index (χ3v) is 2.72. The van der Waals surface area contributed by atoms with E-state index in [0.29, 0.717) is 11.4 Å². The highest BCUT2D eigenvalue weighted by molar-refractivity contribution is 5.99. The quantitative estimate of drug-likeness (QED) is 0.636. The molecule has 0 bridgehead atoms. The van der Waals surface area contributed by atoms with E-state index in [-0.39, 0.29) is 11.6 Å². The standard InChI is InChI=1S/C14H11FN2O3/c1-10(18)16(12-4-2-11(15)3-5-12)13-6-8-14(9-7-13)17(19)20/h2-9H,1H3. The first-order valence-corrected chi connectivity index (χ1v) is 5.80. The Morgan fingerprint density at radius 3 is 1.90 bits per heavy atom. The molecule has 20 heavy (non-hydrogen) atoms. The number of rotatable bonds is 3. The van der Waals surface area contributed by atoms with Crippen LogP contribution < -0.4 is 4.90 Å². The fourth-order valence-electron chi connectivity index (χ4n) is 1.83. The third kappa shape index (κ3) is 2.80. The van der Waals surface area contributed by atoms with Gasteiger partial charge in [0.2, 0.25) is 5.91 Å². The summed E-state index contributed by atoms with van der Waals surface area (Å²) in [7, 11) is 0. The minimum atomic E-state index is -0.514. The van der Waals surface area contributed by atoms with Crippen LogP contribution in [0.1, 0.15) is 6.92 Å². The molecular weight excluding hydrogens is 263 g/mol. The van der Waals surface area contributed by atoms with Crippen LogP contribution in [0, 0.1) is 15.9 Å². The van der Waals surface area contributed by atoms with Gasteiger partial charge in [-0.15, -0.1) is 0 Å². The zero-order valence-electron chi connectivity index (χ0n) is 10.6. The van der Waals surface area contributed by atoms with Crippen LogP contribution in [0.4, 0.5) is 21.5 Å². The average molecular weight is 274 g/mol. The van der Waals surface area contributed by atoms with Gasteiger partial charge in [-0.3, -0.25) is 19.8 Å². The van der Waals surface area contributed by atoms with E-state index in [9.17, 15) is 19.3 Å². The van der Waals surface area contributed by atoms with Gasteiger partial charge in [-0.1, -0.05) is 0 Å². The smallest absolute Gasteiger partial charge is 0.269 e. The Hall–Kier alpha value is -2.76. The molecule has 0 aliphatic rings. The summed E-state index contributed by atoms with van der Waals surface area (Å²) in [6.07, 6.45) is 0. The van der Waals surface area contributed by atoms with Crippen LogP contribution in [0.2, 0.25) is 0 Å². The van der Waals surface area contributed by atoms with E-state index in [1.807, 2.05) is 0 Å². The summed E-state index contributed by atoms with van der Waals surface area (Å²) in [6, 6.07) is 11.0. The topological polar surface area (TPSA) is 63.5 Å². The Balaban J connectivity index is 2.40. The van der Waals surface area contributed by atoms with Gasteiger partial charge in [-0.2, -0.15) is 0 Å². The highest BCUT2D eigenvalue weighted by Gasteiger charge is 2.15. The molecule has 0 spiro atoms. The molecule has 2 aromatic carbocycles. The van der Waals surface area contributed by atoms with Crippen molar-refractivity contribution in [2.45, 2.75) is 6.92 Å². The van der Waals surface area contributed by atoms with Crippen LogP contribution in [0.5, 0.6) is 0 Å². The minimum Gasteiger partial charge on any atom is -0.281 e. The van der Waals surface area contributed by atoms with Crippen LogP contribution >= 0.6 is 0 Å². The van der Waals surface area contributed by atoms with Gasteiger partial charge >= 0.3 is 0 Å². The molecule has 0 radical (unpaired) electrons. The predicted molar refractivity (Wildman–Crippen MR) is 72.3 cm³/mol. The van der Waals surface area contributed by atoms with Crippen LogP contribution in [0.15, 0.2) is 48.5 Å². The van der Waals surface area contributed by atoms with Crippen molar-refractivity contribution in [3.8, 4) is 0 Å². The lowest BCUT2D eigenvalue weighted by Gasteiger charge is -2.21. The molecule has 2 aromatic rings. The van der Waals surface area contributed by atoms with Crippen molar-refractivity contribution in [2.75, 3.05) is 4.90 Å². The SMILES string of the molecule is CC(=O)N(c1ccc(F)cc1)c1ccc([N+](=O)[O-])cc1. The first-order valence-electron chi connectivity index (χ1n) is 5.80. The molecule has 0 aliphatic heterocycles. The van der Waals surface area contributed by atoms with Gasteiger partial charge in [0, 0.05) is 30.4 Å². The molecule has 0 fully saturated rings. The molecule has 2 rings (SSSR count). The lowest BCUT2D eigenvalue weighted by atomic mass is 10.2. The molecule has 0 unspecified atom stereocenters. The lowest BCUT2D eigenvalue weighted by molar-refractivity contribution is -0.384. The maximum atomic E-state index is 12.9. The summed E-state index contributed by atoms with van der Waals surface area (Å²) in [4.78, 5) is 23.2. The molecular formula is C14H11FN2O3. The summed E-state index contributed by atoms with van der Waals surface area (Å²) in [6.45, 7) is 1.37. The molecule has 0 saturated carbocycles. The number of carbonyl (C=O) groups excluding carboxylic acids is 1. The number of carbonyl (C=O) groups is 1. The van der Waals surface area contributed by atoms with Crippen LogP contribution in [-0.2, 0) is 4.79 Å². The second-order valence-electron chi connectivity index (χ2n) is 4.10. The summed E-state index contributed by atoms with van der Waals surface area (Å²) < 4.78 is 12.9. The molecule has 0 heterocycles. The van der Waals surface area contributed by atoms with E-state index in [1.165, 1.54) is 60.4 Å². The summed E-state index contributed by atoms with van der Waals surface area (Å²) in [5, 5.41) is 10.6. The van der Waals surface area contributed by atoms with Crippen molar-refractivity contribution in [1.29, 1.82) is 0 Å². The molecule has 6 heteroatoms. The second-order valence-corrected chi connectivity index (χ2v) is 4.10. The Morgan fingerprint density at radius 1 is 1.05 bits per heavy atom. The number of hydrogen-bond donors (Lipinski definition) is 0. The normalized spacial score (nSPS) is 10.1. The number of halogens is 1. The molecule has 5 nitrogen and oxygen atoms in total. The van der Waals surface area contributed by atoms with E-state index in [4.69, 9.17) is 0 Å². The number of hydrogen-bond acceptors (Lipinski definition) is 3. The highest BCUT2D eigenvalue weighted by Crippen LogP contribution is 2.27. The van der Waals surface area contributed by atoms with Crippen molar-refractivity contribution < 1.29 is 14.1 Å². The summed E-state index contributed by atoms with van der Waals surface area (Å²) in [5.41, 5.74) is 0.916. The molecule has 0 aliphatic carbocycles. The molecule has 0 aromatic heterocycles. The Kier molecular flexibility index (Phi) is 3.74. The molecule has 0 saturated heterocycles. The van der Waals surface area contributed by atoms with Gasteiger partial charge in [0.15, 0.2) is 0 Å². The van der Waals surface area contributed by atoms with Gasteiger partial charge in [-0.25, -0.2) is 4.39 Å². The number of amides is 1. The van der Waals surface area contributed by atoms with Crippen molar-refractivity contribution >= 4 is 23.0 Å². The van der Waals surface area contributed by atoms with Gasteiger partial charge in [0.1, 0.15) is 5.82 Å². The van der Waals surface area contributed by atoms with Crippen molar-refractivity contribution in [2.24, 2.45) is 0 Å². The van der Waals surface area contributed by atoms with Crippen molar-refractivity contribution in [3.05, 3.63) is 64.5 Å². The molecule has 0 atom stereocenters. The maximum Gasteiger partial charge on any atom is 0.269 e. The van der Waals surface area contributed by atoms with Gasteiger partial charge in [0.05, 0.1) is 4.92 Å². The van der Waals surface area contributed by atoms with E-state index in [0.717, 1.165) is 0 Å². The number of nitrogens with zero attached hydrogens (tertiary/aromatic N) is 2. The number of nitro benzene ring substituents is 1. The average Bonchev–Trinajstić information content (AvgIpc) is 2.41. The van der Waals surface area contributed by atoms with Crippen LogP contribution in [0.3, 0.4) is 0 Å². The zero-order chi connectivity index (χ0) is 14.7. The maximum absolute atomic E-state index is 12.9. The fourth-order valence-corrected chi connectivity index (χ4v) is 1.83. The zero-order valence-corrected chi connectivity index (χ0v) is 10.6. The van der Waals surface area contributed by atoms with Crippen molar-refractivity contribution in [1.82, 2.24) is 0 Å². The first-order chi connectivity index (χ1) is 9.49. The fraction of sp³-hybridized carbons (Fsp3) is 0.0714. The second kappa shape index (κ2) is 5.48. The van der Waals surface area contributed by atoms with Crippen LogP contribution in [-0.4, -0.2) is 10.8 Å².